The molecule has 9 heteroatoms. The number of anilines is 5. The van der Waals surface area contributed by atoms with E-state index in [9.17, 15) is 4.79 Å². The number of morpholine rings is 1. The molecule has 9 nitrogen and oxygen atoms in total. The minimum Gasteiger partial charge on any atom is -0.378 e. The van der Waals surface area contributed by atoms with E-state index in [1.807, 2.05) is 18.2 Å². The van der Waals surface area contributed by atoms with Crippen LogP contribution in [0.1, 0.15) is 15.9 Å². The van der Waals surface area contributed by atoms with E-state index in [-0.39, 0.29) is 0 Å². The van der Waals surface area contributed by atoms with Crippen molar-refractivity contribution < 1.29 is 9.53 Å². The Bertz CT molecular complexity index is 1310. The molecule has 0 atom stereocenters. The number of primary amides is 1. The van der Waals surface area contributed by atoms with Crippen LogP contribution in [0.2, 0.25) is 0 Å². The van der Waals surface area contributed by atoms with E-state index in [4.69, 9.17) is 10.5 Å². The lowest BCUT2D eigenvalue weighted by molar-refractivity contribution is 0.100. The average molecular weight is 444 g/mol. The molecule has 5 N–H and O–H groups in total. The number of amides is 1. The molecule has 4 aromatic rings. The number of aromatic amines is 1. The number of para-hydroxylation sites is 1. The maximum absolute atomic E-state index is 11.8. The zero-order valence-electron chi connectivity index (χ0n) is 18.3. The van der Waals surface area contributed by atoms with Gasteiger partial charge in [-0.15, -0.1) is 0 Å². The van der Waals surface area contributed by atoms with Crippen LogP contribution in [0, 0.1) is 6.92 Å². The van der Waals surface area contributed by atoms with E-state index in [2.05, 4.69) is 49.5 Å². The molecular weight excluding hydrogens is 418 g/mol. The highest BCUT2D eigenvalue weighted by Crippen LogP contribution is 2.29. The molecule has 0 unspecified atom stereocenters. The summed E-state index contributed by atoms with van der Waals surface area (Å²) >= 11 is 0. The highest BCUT2D eigenvalue weighted by atomic mass is 16.5. The van der Waals surface area contributed by atoms with Gasteiger partial charge < -0.3 is 31.0 Å². The van der Waals surface area contributed by atoms with Crippen LogP contribution in [-0.2, 0) is 4.74 Å². The third-order valence-electron chi connectivity index (χ3n) is 5.69. The second-order valence-electron chi connectivity index (χ2n) is 7.89. The first kappa shape index (κ1) is 20.8. The summed E-state index contributed by atoms with van der Waals surface area (Å²) in [5, 5.41) is 7.38. The number of nitrogens with one attached hydrogen (secondary N) is 3. The Hall–Kier alpha value is -4.11. The van der Waals surface area contributed by atoms with Crippen LogP contribution in [0.5, 0.6) is 0 Å². The number of H-pyrrole nitrogens is 1. The van der Waals surface area contributed by atoms with Gasteiger partial charge in [0.25, 0.3) is 5.91 Å². The van der Waals surface area contributed by atoms with Gasteiger partial charge in [-0.2, -0.15) is 9.97 Å². The Balaban J connectivity index is 1.45. The smallest absolute Gasteiger partial charge is 0.250 e. The van der Waals surface area contributed by atoms with Gasteiger partial charge in [0.1, 0.15) is 11.5 Å². The quantitative estimate of drug-likeness (QED) is 0.359. The molecule has 3 heterocycles. The third-order valence-corrected chi connectivity index (χ3v) is 5.69. The van der Waals surface area contributed by atoms with E-state index in [0.29, 0.717) is 28.7 Å². The predicted molar refractivity (Wildman–Crippen MR) is 130 cm³/mol. The Kier molecular flexibility index (Phi) is 5.54. The van der Waals surface area contributed by atoms with Crippen molar-refractivity contribution in [1.82, 2.24) is 15.0 Å². The summed E-state index contributed by atoms with van der Waals surface area (Å²) in [7, 11) is 0. The first-order valence-corrected chi connectivity index (χ1v) is 10.8. The molecule has 1 saturated heterocycles. The van der Waals surface area contributed by atoms with Crippen LogP contribution in [-0.4, -0.2) is 47.2 Å². The van der Waals surface area contributed by atoms with E-state index in [1.54, 1.807) is 24.4 Å². The number of carbonyl (C=O) groups is 1. The third kappa shape index (κ3) is 4.31. The first-order valence-electron chi connectivity index (χ1n) is 10.8. The number of hydrogen-bond donors (Lipinski definition) is 4. The van der Waals surface area contributed by atoms with Crippen molar-refractivity contribution in [2.75, 3.05) is 41.8 Å². The van der Waals surface area contributed by atoms with Crippen molar-refractivity contribution in [3.8, 4) is 0 Å². The normalized spacial score (nSPS) is 13.8. The number of carbonyl (C=O) groups excluding carboxylic acids is 1. The number of hydrogen-bond acceptors (Lipinski definition) is 7. The minimum atomic E-state index is -0.508. The highest BCUT2D eigenvalue weighted by molar-refractivity contribution is 6.00. The summed E-state index contributed by atoms with van der Waals surface area (Å²) < 4.78 is 5.45. The molecule has 0 spiro atoms. The molecule has 1 aliphatic rings. The molecule has 0 radical (unpaired) electrons. The molecular formula is C24H25N7O2. The van der Waals surface area contributed by atoms with Gasteiger partial charge in [0.15, 0.2) is 0 Å². The van der Waals surface area contributed by atoms with Gasteiger partial charge in [0.05, 0.1) is 29.9 Å². The molecule has 0 aliphatic carbocycles. The topological polar surface area (TPSA) is 121 Å². The maximum atomic E-state index is 11.8. The second-order valence-corrected chi connectivity index (χ2v) is 7.89. The van der Waals surface area contributed by atoms with Crippen LogP contribution in [0.3, 0.4) is 0 Å². The van der Waals surface area contributed by atoms with Crippen molar-refractivity contribution in [2.24, 2.45) is 5.73 Å². The van der Waals surface area contributed by atoms with Crippen LogP contribution in [0.15, 0.2) is 54.7 Å². The fraction of sp³-hybridized carbons (Fsp3) is 0.208. The number of nitrogens with zero attached hydrogens (tertiary/aromatic N) is 3. The zero-order valence-corrected chi connectivity index (χ0v) is 18.3. The van der Waals surface area contributed by atoms with Gasteiger partial charge in [-0.05, 0) is 48.9 Å². The van der Waals surface area contributed by atoms with Crippen molar-refractivity contribution in [2.45, 2.75) is 6.92 Å². The number of ether oxygens (including phenoxy) is 1. The standard InChI is InChI=1S/C24H25N7O2/c1-15-14-16(31-10-12-33-13-11-31)6-7-19(15)28-24-29-22-18(8-9-26-22)23(30-24)27-20-5-3-2-4-17(20)21(25)32/h2-9,14H,10-13H2,1H3,(H2,25,32)(H3,26,27,28,29,30). The van der Waals surface area contributed by atoms with Gasteiger partial charge in [-0.3, -0.25) is 4.79 Å². The predicted octanol–water partition coefficient (Wildman–Crippen LogP) is 3.69. The summed E-state index contributed by atoms with van der Waals surface area (Å²) in [5.41, 5.74) is 10.4. The zero-order chi connectivity index (χ0) is 22.8. The number of fused-ring (bicyclic) bond motifs is 1. The monoisotopic (exact) mass is 443 g/mol. The molecule has 0 saturated carbocycles. The van der Waals surface area contributed by atoms with E-state index in [1.165, 1.54) is 5.69 Å². The molecule has 33 heavy (non-hydrogen) atoms. The van der Waals surface area contributed by atoms with Gasteiger partial charge in [0, 0.05) is 30.7 Å². The fourth-order valence-electron chi connectivity index (χ4n) is 3.95. The van der Waals surface area contributed by atoms with Crippen molar-refractivity contribution >= 4 is 45.8 Å². The molecule has 2 aromatic heterocycles. The van der Waals surface area contributed by atoms with Gasteiger partial charge in [0.2, 0.25) is 5.95 Å². The molecule has 0 bridgehead atoms. The van der Waals surface area contributed by atoms with Gasteiger partial charge >= 0.3 is 0 Å². The number of aromatic nitrogens is 3. The summed E-state index contributed by atoms with van der Waals surface area (Å²) in [5.74, 6) is 0.498. The van der Waals surface area contributed by atoms with Crippen LogP contribution < -0.4 is 21.3 Å². The van der Waals surface area contributed by atoms with E-state index >= 15 is 0 Å². The summed E-state index contributed by atoms with van der Waals surface area (Å²) in [6.45, 7) is 5.33. The molecule has 1 aliphatic heterocycles. The largest absolute Gasteiger partial charge is 0.378 e. The Morgan fingerprint density at radius 1 is 1.06 bits per heavy atom. The number of benzene rings is 2. The summed E-state index contributed by atoms with van der Waals surface area (Å²) in [6, 6.07) is 15.3. The lowest BCUT2D eigenvalue weighted by atomic mass is 10.1. The average Bonchev–Trinajstić information content (AvgIpc) is 3.30. The number of rotatable bonds is 6. The van der Waals surface area contributed by atoms with Crippen molar-refractivity contribution in [1.29, 1.82) is 0 Å². The van der Waals surface area contributed by atoms with Crippen molar-refractivity contribution in [3.63, 3.8) is 0 Å². The molecule has 1 amide bonds. The van der Waals surface area contributed by atoms with E-state index in [0.717, 1.165) is 42.9 Å². The second kappa shape index (κ2) is 8.79. The number of aryl methyl sites for hydroxylation is 1. The molecule has 2 aromatic carbocycles. The minimum absolute atomic E-state index is 0.392. The Morgan fingerprint density at radius 2 is 1.88 bits per heavy atom. The molecule has 1 fully saturated rings. The van der Waals surface area contributed by atoms with Crippen molar-refractivity contribution in [3.05, 3.63) is 65.9 Å². The Morgan fingerprint density at radius 3 is 2.67 bits per heavy atom. The highest BCUT2D eigenvalue weighted by Gasteiger charge is 2.15. The fourth-order valence-corrected chi connectivity index (χ4v) is 3.95. The van der Waals surface area contributed by atoms with Crippen LogP contribution in [0.25, 0.3) is 11.0 Å². The van der Waals surface area contributed by atoms with Crippen LogP contribution in [0.4, 0.5) is 28.8 Å². The van der Waals surface area contributed by atoms with Crippen LogP contribution >= 0.6 is 0 Å². The van der Waals surface area contributed by atoms with Gasteiger partial charge in [-0.25, -0.2) is 0 Å². The SMILES string of the molecule is Cc1cc(N2CCOCC2)ccc1Nc1nc(Nc2ccccc2C(N)=O)c2cc[nH]c2n1. The Labute approximate surface area is 191 Å². The summed E-state index contributed by atoms with van der Waals surface area (Å²) in [6.07, 6.45) is 1.80. The first-order chi connectivity index (χ1) is 16.1. The lowest BCUT2D eigenvalue weighted by Crippen LogP contribution is -2.36. The molecule has 5 rings (SSSR count). The van der Waals surface area contributed by atoms with E-state index < -0.39 is 5.91 Å². The maximum Gasteiger partial charge on any atom is 0.250 e. The van der Waals surface area contributed by atoms with Gasteiger partial charge in [-0.1, -0.05) is 12.1 Å². The lowest BCUT2D eigenvalue weighted by Gasteiger charge is -2.29. The molecule has 168 valence electrons. The summed E-state index contributed by atoms with van der Waals surface area (Å²) in [4.78, 5) is 26.6. The number of nitrogens with two attached hydrogens (primary N) is 1.